The van der Waals surface area contributed by atoms with E-state index in [9.17, 15) is 13.2 Å². The zero-order chi connectivity index (χ0) is 15.6. The third-order valence-corrected chi connectivity index (χ3v) is 5.14. The van der Waals surface area contributed by atoms with Gasteiger partial charge in [0, 0.05) is 27.2 Å². The third-order valence-electron chi connectivity index (χ3n) is 3.30. The molecule has 0 unspecified atom stereocenters. The maximum absolute atomic E-state index is 12.5. The van der Waals surface area contributed by atoms with Crippen LogP contribution in [0.1, 0.15) is 0 Å². The Balaban J connectivity index is 2.15. The summed E-state index contributed by atoms with van der Waals surface area (Å²) in [5.74, 6) is 0.597. The summed E-state index contributed by atoms with van der Waals surface area (Å²) in [4.78, 5) is 15.0. The molecule has 0 aliphatic carbocycles. The summed E-state index contributed by atoms with van der Waals surface area (Å²) in [5, 5.41) is 0. The van der Waals surface area contributed by atoms with Gasteiger partial charge in [-0.2, -0.15) is 4.31 Å². The Morgan fingerprint density at radius 3 is 2.33 bits per heavy atom. The van der Waals surface area contributed by atoms with Gasteiger partial charge in [0.2, 0.25) is 10.0 Å². The summed E-state index contributed by atoms with van der Waals surface area (Å²) in [6, 6.07) is 6.02. The molecular formula is C13H19N3O4S. The molecule has 2 rings (SSSR count). The van der Waals surface area contributed by atoms with Crippen molar-refractivity contribution in [1.29, 1.82) is 0 Å². The Morgan fingerprint density at radius 2 is 1.81 bits per heavy atom. The highest BCUT2D eigenvalue weighted by atomic mass is 32.2. The van der Waals surface area contributed by atoms with E-state index in [0.717, 1.165) is 0 Å². The highest BCUT2D eigenvalue weighted by molar-refractivity contribution is 7.89. The number of rotatable bonds is 3. The molecule has 0 bridgehead atoms. The zero-order valence-electron chi connectivity index (χ0n) is 12.3. The first kappa shape index (κ1) is 15.6. The summed E-state index contributed by atoms with van der Waals surface area (Å²) in [6.07, 6.45) is 0. The monoisotopic (exact) mass is 313 g/mol. The lowest BCUT2D eigenvalue weighted by Gasteiger charge is -2.21. The van der Waals surface area contributed by atoms with Crippen molar-refractivity contribution in [2.45, 2.75) is 4.90 Å². The fraction of sp³-hybridized carbons (Fsp3) is 0.462. The van der Waals surface area contributed by atoms with Crippen LogP contribution in [-0.4, -0.2) is 69.5 Å². The van der Waals surface area contributed by atoms with Crippen LogP contribution in [-0.2, 0) is 10.0 Å². The molecule has 1 aliphatic rings. The van der Waals surface area contributed by atoms with E-state index in [1.807, 2.05) is 0 Å². The minimum atomic E-state index is -3.59. The molecule has 7 nitrogen and oxygen atoms in total. The molecule has 1 fully saturated rings. The number of carbonyl (C=O) groups excluding carboxylic acids is 1. The Hall–Kier alpha value is -1.80. The lowest BCUT2D eigenvalue weighted by atomic mass is 10.3. The molecule has 1 aromatic rings. The van der Waals surface area contributed by atoms with Crippen molar-refractivity contribution in [2.24, 2.45) is 0 Å². The molecule has 0 atom stereocenters. The number of carbonyl (C=O) groups is 1. The number of sulfonamides is 1. The summed E-state index contributed by atoms with van der Waals surface area (Å²) in [7, 11) is 1.22. The quantitative estimate of drug-likeness (QED) is 0.821. The molecular weight excluding hydrogens is 294 g/mol. The van der Waals surface area contributed by atoms with Crippen LogP contribution in [0, 0.1) is 0 Å². The Bertz CT molecular complexity index is 613. The van der Waals surface area contributed by atoms with Crippen molar-refractivity contribution in [2.75, 3.05) is 41.0 Å². The van der Waals surface area contributed by atoms with Crippen LogP contribution in [0.4, 0.5) is 4.79 Å². The molecule has 116 valence electrons. The van der Waals surface area contributed by atoms with Crippen molar-refractivity contribution in [3.63, 3.8) is 0 Å². The molecule has 2 amide bonds. The number of nitrogens with zero attached hydrogens (tertiary/aromatic N) is 3. The van der Waals surface area contributed by atoms with Crippen LogP contribution in [0.15, 0.2) is 29.2 Å². The smallest absolute Gasteiger partial charge is 0.320 e. The van der Waals surface area contributed by atoms with E-state index >= 15 is 0 Å². The second kappa shape index (κ2) is 5.90. The maximum atomic E-state index is 12.5. The lowest BCUT2D eigenvalue weighted by Crippen LogP contribution is -2.39. The van der Waals surface area contributed by atoms with Gasteiger partial charge >= 0.3 is 6.03 Å². The molecule has 0 aromatic heterocycles. The number of urea groups is 1. The second-order valence-electron chi connectivity index (χ2n) is 4.94. The molecule has 21 heavy (non-hydrogen) atoms. The van der Waals surface area contributed by atoms with Crippen molar-refractivity contribution in [1.82, 2.24) is 14.1 Å². The van der Waals surface area contributed by atoms with Gasteiger partial charge in [-0.05, 0) is 24.3 Å². The fourth-order valence-electron chi connectivity index (χ4n) is 2.10. The molecule has 1 aliphatic heterocycles. The molecule has 1 saturated heterocycles. The first-order chi connectivity index (χ1) is 9.86. The van der Waals surface area contributed by atoms with Gasteiger partial charge in [0.1, 0.15) is 5.75 Å². The number of ether oxygens (including phenoxy) is 1. The highest BCUT2D eigenvalue weighted by Gasteiger charge is 2.33. The molecule has 0 spiro atoms. The minimum absolute atomic E-state index is 0.0748. The summed E-state index contributed by atoms with van der Waals surface area (Å²) in [5.41, 5.74) is 0. The Labute approximate surface area is 124 Å². The average Bonchev–Trinajstić information content (AvgIpc) is 2.96. The van der Waals surface area contributed by atoms with E-state index < -0.39 is 10.0 Å². The van der Waals surface area contributed by atoms with Gasteiger partial charge in [-0.15, -0.1) is 0 Å². The van der Waals surface area contributed by atoms with Gasteiger partial charge in [-0.1, -0.05) is 0 Å². The van der Waals surface area contributed by atoms with Gasteiger partial charge in [0.05, 0.1) is 18.7 Å². The first-order valence-electron chi connectivity index (χ1n) is 6.46. The van der Waals surface area contributed by atoms with Crippen molar-refractivity contribution in [3.05, 3.63) is 24.3 Å². The van der Waals surface area contributed by atoms with Crippen LogP contribution in [0.3, 0.4) is 0 Å². The normalized spacial score (nSPS) is 16.0. The Morgan fingerprint density at radius 1 is 1.19 bits per heavy atom. The van der Waals surface area contributed by atoms with Crippen LogP contribution in [0.5, 0.6) is 5.75 Å². The van der Waals surface area contributed by atoms with Crippen molar-refractivity contribution in [3.8, 4) is 5.75 Å². The van der Waals surface area contributed by atoms with Gasteiger partial charge in [-0.3, -0.25) is 0 Å². The van der Waals surface area contributed by atoms with E-state index in [-0.39, 0.29) is 17.6 Å². The maximum Gasteiger partial charge on any atom is 0.320 e. The second-order valence-corrected chi connectivity index (χ2v) is 6.88. The number of hydrogen-bond acceptors (Lipinski definition) is 4. The van der Waals surface area contributed by atoms with Crippen LogP contribution in [0.2, 0.25) is 0 Å². The van der Waals surface area contributed by atoms with Gasteiger partial charge in [0.15, 0.2) is 0 Å². The lowest BCUT2D eigenvalue weighted by molar-refractivity contribution is 0.178. The summed E-state index contributed by atoms with van der Waals surface area (Å²) >= 11 is 0. The molecule has 1 heterocycles. The predicted octanol–water partition coefficient (Wildman–Crippen LogP) is 0.641. The fourth-order valence-corrected chi connectivity index (χ4v) is 3.49. The molecule has 0 radical (unpaired) electrons. The van der Waals surface area contributed by atoms with Crippen molar-refractivity contribution < 1.29 is 17.9 Å². The number of benzene rings is 1. The first-order valence-corrected chi connectivity index (χ1v) is 7.90. The SMILES string of the molecule is COc1ccc(S(=O)(=O)N2CCN(C(=O)N(C)C)C2)cc1. The standard InChI is InChI=1S/C13H19N3O4S/c1-14(2)13(17)15-8-9-16(10-15)21(18,19)12-6-4-11(20-3)5-7-12/h4-7H,8-10H2,1-3H3. The number of amides is 2. The van der Waals surface area contributed by atoms with Gasteiger partial charge in [0.25, 0.3) is 0 Å². The predicted molar refractivity (Wildman–Crippen MR) is 77.5 cm³/mol. The Kier molecular flexibility index (Phi) is 4.38. The minimum Gasteiger partial charge on any atom is -0.497 e. The summed E-state index contributed by atoms with van der Waals surface area (Å²) in [6.45, 7) is 0.770. The van der Waals surface area contributed by atoms with Gasteiger partial charge < -0.3 is 14.5 Å². The molecule has 0 N–H and O–H groups in total. The molecule has 0 saturated carbocycles. The van der Waals surface area contributed by atoms with Crippen LogP contribution < -0.4 is 4.74 Å². The average molecular weight is 313 g/mol. The van der Waals surface area contributed by atoms with Gasteiger partial charge in [-0.25, -0.2) is 13.2 Å². The largest absolute Gasteiger partial charge is 0.497 e. The van der Waals surface area contributed by atoms with Crippen LogP contribution in [0.25, 0.3) is 0 Å². The summed E-state index contributed by atoms with van der Waals surface area (Å²) < 4.78 is 31.3. The van der Waals surface area contributed by atoms with E-state index in [4.69, 9.17) is 4.74 Å². The molecule has 1 aromatic carbocycles. The van der Waals surface area contributed by atoms with Crippen LogP contribution >= 0.6 is 0 Å². The molecule has 8 heteroatoms. The third kappa shape index (κ3) is 3.11. The number of methoxy groups -OCH3 is 1. The van der Waals surface area contributed by atoms with E-state index in [2.05, 4.69) is 0 Å². The highest BCUT2D eigenvalue weighted by Crippen LogP contribution is 2.22. The van der Waals surface area contributed by atoms with Crippen molar-refractivity contribution >= 4 is 16.1 Å². The number of hydrogen-bond donors (Lipinski definition) is 0. The zero-order valence-corrected chi connectivity index (χ0v) is 13.1. The van der Waals surface area contributed by atoms with E-state index in [0.29, 0.717) is 18.8 Å². The van der Waals surface area contributed by atoms with E-state index in [1.54, 1.807) is 26.2 Å². The van der Waals surface area contributed by atoms with E-state index in [1.165, 1.54) is 33.3 Å². The topological polar surface area (TPSA) is 70.2 Å².